The summed E-state index contributed by atoms with van der Waals surface area (Å²) < 4.78 is 7.32. The van der Waals surface area contributed by atoms with Crippen molar-refractivity contribution in [1.82, 2.24) is 0 Å². The van der Waals surface area contributed by atoms with Gasteiger partial charge in [-0.15, -0.1) is 0 Å². The Hall–Kier alpha value is -1.06. The number of benzene rings is 2. The first-order valence-electron chi connectivity index (χ1n) is 5.47. The van der Waals surface area contributed by atoms with Gasteiger partial charge in [-0.2, -0.15) is 0 Å². The number of hydrogen-bond acceptors (Lipinski definition) is 1. The molecule has 2 rings (SSSR count). The summed E-state index contributed by atoms with van der Waals surface area (Å²) in [6.07, 6.45) is 2.08. The Balaban J connectivity index is 2.36. The Morgan fingerprint density at radius 2 is 1.89 bits per heavy atom. The van der Waals surface area contributed by atoms with E-state index in [1.165, 1.54) is 0 Å². The second-order valence-electron chi connectivity index (χ2n) is 3.75. The van der Waals surface area contributed by atoms with Crippen molar-refractivity contribution in [3.63, 3.8) is 0 Å². The second-order valence-corrected chi connectivity index (χ2v) is 5.45. The Bertz CT molecular complexity index is 576. The highest BCUT2D eigenvalue weighted by molar-refractivity contribution is 9.15. The van der Waals surface area contributed by atoms with Crippen molar-refractivity contribution < 1.29 is 4.74 Å². The molecule has 0 saturated carbocycles. The summed E-state index contributed by atoms with van der Waals surface area (Å²) in [5.41, 5.74) is 2.22. The van der Waals surface area contributed by atoms with Crippen LogP contribution >= 0.6 is 31.9 Å². The largest absolute Gasteiger partial charge is 0.497 e. The van der Waals surface area contributed by atoms with Crippen molar-refractivity contribution in [1.29, 1.82) is 0 Å². The fourth-order valence-electron chi connectivity index (χ4n) is 1.58. The molecule has 1 nitrogen and oxygen atoms in total. The van der Waals surface area contributed by atoms with E-state index in [1.807, 2.05) is 42.5 Å². The molecule has 0 aliphatic heterocycles. The molecule has 0 radical (unpaired) electrons. The van der Waals surface area contributed by atoms with E-state index in [1.54, 1.807) is 7.11 Å². The average Bonchev–Trinajstić information content (AvgIpc) is 2.41. The van der Waals surface area contributed by atoms with Crippen molar-refractivity contribution in [2.45, 2.75) is 0 Å². The first-order chi connectivity index (χ1) is 8.70. The summed E-state index contributed by atoms with van der Waals surface area (Å²) in [5.74, 6) is 0.852. The van der Waals surface area contributed by atoms with Crippen LogP contribution in [0.25, 0.3) is 10.6 Å². The second kappa shape index (κ2) is 6.21. The van der Waals surface area contributed by atoms with Crippen LogP contribution in [0.3, 0.4) is 0 Å². The molecule has 0 saturated heterocycles. The van der Waals surface area contributed by atoms with Gasteiger partial charge in [-0.3, -0.25) is 0 Å². The van der Waals surface area contributed by atoms with Crippen molar-refractivity contribution in [3.8, 4) is 5.75 Å². The highest BCUT2D eigenvalue weighted by Gasteiger charge is 2.01. The van der Waals surface area contributed by atoms with Crippen LogP contribution in [0.5, 0.6) is 5.75 Å². The van der Waals surface area contributed by atoms with E-state index in [-0.39, 0.29) is 0 Å². The smallest absolute Gasteiger partial charge is 0.119 e. The summed E-state index contributed by atoms with van der Waals surface area (Å²) in [6.45, 7) is 0. The van der Waals surface area contributed by atoms with E-state index in [2.05, 4.69) is 44.0 Å². The molecule has 92 valence electrons. The van der Waals surface area contributed by atoms with Crippen LogP contribution in [0.15, 0.2) is 53.0 Å². The van der Waals surface area contributed by atoms with Gasteiger partial charge in [0.2, 0.25) is 0 Å². The molecule has 2 aromatic rings. The average molecular weight is 368 g/mol. The number of halogens is 2. The van der Waals surface area contributed by atoms with Gasteiger partial charge in [0, 0.05) is 8.96 Å². The molecule has 0 aliphatic rings. The van der Waals surface area contributed by atoms with E-state index in [4.69, 9.17) is 4.74 Å². The molecule has 0 amide bonds. The zero-order valence-electron chi connectivity index (χ0n) is 9.86. The van der Waals surface area contributed by atoms with Crippen LogP contribution in [0.1, 0.15) is 11.1 Å². The lowest BCUT2D eigenvalue weighted by atomic mass is 10.1. The molecule has 0 bridgehead atoms. The van der Waals surface area contributed by atoms with E-state index < -0.39 is 0 Å². The van der Waals surface area contributed by atoms with Gasteiger partial charge in [-0.1, -0.05) is 62.2 Å². The van der Waals surface area contributed by atoms with Crippen LogP contribution in [-0.2, 0) is 0 Å². The molecule has 3 heteroatoms. The standard InChI is InChI=1S/C15H12Br2O/c1-18-13-7-4-6-11(9-13)15(17)10-12-5-2-3-8-14(12)16/h2-10H,1H3/b15-10-. The first kappa shape index (κ1) is 13.4. The molecule has 2 aromatic carbocycles. The molecule has 0 heterocycles. The molecule has 0 atom stereocenters. The van der Waals surface area contributed by atoms with Crippen molar-refractivity contribution in [3.05, 3.63) is 64.1 Å². The highest BCUT2D eigenvalue weighted by Crippen LogP contribution is 2.29. The number of hydrogen-bond donors (Lipinski definition) is 0. The van der Waals surface area contributed by atoms with Gasteiger partial charge in [0.25, 0.3) is 0 Å². The maximum Gasteiger partial charge on any atom is 0.119 e. The molecule has 0 aliphatic carbocycles. The van der Waals surface area contributed by atoms with Gasteiger partial charge < -0.3 is 4.74 Å². The van der Waals surface area contributed by atoms with Crippen molar-refractivity contribution >= 4 is 42.4 Å². The fraction of sp³-hybridized carbons (Fsp3) is 0.0667. The number of rotatable bonds is 3. The van der Waals surface area contributed by atoms with Crippen LogP contribution < -0.4 is 4.74 Å². The summed E-state index contributed by atoms with van der Waals surface area (Å²) >= 11 is 7.14. The van der Waals surface area contributed by atoms with Crippen molar-refractivity contribution in [2.24, 2.45) is 0 Å². The van der Waals surface area contributed by atoms with Gasteiger partial charge in [0.15, 0.2) is 0 Å². The maximum atomic E-state index is 5.22. The highest BCUT2D eigenvalue weighted by atomic mass is 79.9. The minimum Gasteiger partial charge on any atom is -0.497 e. The summed E-state index contributed by atoms with van der Waals surface area (Å²) in [7, 11) is 1.67. The normalized spacial score (nSPS) is 11.4. The molecule has 0 spiro atoms. The van der Waals surface area contributed by atoms with Gasteiger partial charge in [0.05, 0.1) is 7.11 Å². The quantitative estimate of drug-likeness (QED) is 0.664. The SMILES string of the molecule is COc1cccc(/C(Br)=C/c2ccccc2Br)c1. The molecular formula is C15H12Br2O. The van der Waals surface area contributed by atoms with Gasteiger partial charge in [-0.25, -0.2) is 0 Å². The van der Waals surface area contributed by atoms with Gasteiger partial charge >= 0.3 is 0 Å². The summed E-state index contributed by atoms with van der Waals surface area (Å²) in [6, 6.07) is 16.1. The molecule has 0 N–H and O–H groups in total. The molecule has 0 unspecified atom stereocenters. The number of ether oxygens (including phenoxy) is 1. The maximum absolute atomic E-state index is 5.22. The summed E-state index contributed by atoms with van der Waals surface area (Å²) in [5, 5.41) is 0. The topological polar surface area (TPSA) is 9.23 Å². The third-order valence-electron chi connectivity index (χ3n) is 2.53. The minimum absolute atomic E-state index is 0.852. The Kier molecular flexibility index (Phi) is 4.61. The molecular weight excluding hydrogens is 356 g/mol. The molecule has 0 fully saturated rings. The first-order valence-corrected chi connectivity index (χ1v) is 7.05. The monoisotopic (exact) mass is 366 g/mol. The zero-order chi connectivity index (χ0) is 13.0. The fourth-order valence-corrected chi connectivity index (χ4v) is 2.48. The van der Waals surface area contributed by atoms with Gasteiger partial charge in [-0.05, 0) is 35.4 Å². The van der Waals surface area contributed by atoms with E-state index in [9.17, 15) is 0 Å². The Morgan fingerprint density at radius 1 is 1.11 bits per heavy atom. The summed E-state index contributed by atoms with van der Waals surface area (Å²) in [4.78, 5) is 0. The van der Waals surface area contributed by atoms with Crippen LogP contribution in [0.4, 0.5) is 0 Å². The number of methoxy groups -OCH3 is 1. The zero-order valence-corrected chi connectivity index (χ0v) is 13.0. The Morgan fingerprint density at radius 3 is 2.61 bits per heavy atom. The van der Waals surface area contributed by atoms with Crippen LogP contribution in [0.2, 0.25) is 0 Å². The predicted molar refractivity (Wildman–Crippen MR) is 83.9 cm³/mol. The lowest BCUT2D eigenvalue weighted by molar-refractivity contribution is 0.414. The van der Waals surface area contributed by atoms with Crippen LogP contribution in [0, 0.1) is 0 Å². The van der Waals surface area contributed by atoms with E-state index in [0.717, 1.165) is 25.8 Å². The lowest BCUT2D eigenvalue weighted by Crippen LogP contribution is -1.84. The minimum atomic E-state index is 0.852. The van der Waals surface area contributed by atoms with Crippen molar-refractivity contribution in [2.75, 3.05) is 7.11 Å². The van der Waals surface area contributed by atoms with E-state index >= 15 is 0 Å². The van der Waals surface area contributed by atoms with Crippen LogP contribution in [-0.4, -0.2) is 7.11 Å². The lowest BCUT2D eigenvalue weighted by Gasteiger charge is -2.04. The third-order valence-corrected chi connectivity index (χ3v) is 3.94. The Labute approximate surface area is 124 Å². The van der Waals surface area contributed by atoms with E-state index in [0.29, 0.717) is 0 Å². The molecule has 0 aromatic heterocycles. The van der Waals surface area contributed by atoms with Gasteiger partial charge in [0.1, 0.15) is 5.75 Å². The molecule has 18 heavy (non-hydrogen) atoms. The predicted octanol–water partition coefficient (Wildman–Crippen LogP) is 5.35. The third kappa shape index (κ3) is 3.24.